The zero-order valence-electron chi connectivity index (χ0n) is 8.68. The monoisotopic (exact) mass is 321 g/mol. The first-order valence-electron chi connectivity index (χ1n) is 4.74. The lowest BCUT2D eigenvalue weighted by atomic mass is 10.2. The van der Waals surface area contributed by atoms with Gasteiger partial charge in [0.2, 0.25) is 0 Å². The van der Waals surface area contributed by atoms with Gasteiger partial charge in [-0.25, -0.2) is 4.39 Å². The van der Waals surface area contributed by atoms with Crippen LogP contribution in [0.3, 0.4) is 0 Å². The van der Waals surface area contributed by atoms with Crippen LogP contribution in [0.1, 0.15) is 24.2 Å². The highest BCUT2D eigenvalue weighted by molar-refractivity contribution is 14.1. The molecule has 0 aliphatic carbocycles. The van der Waals surface area contributed by atoms with Gasteiger partial charge in [-0.3, -0.25) is 4.79 Å². The summed E-state index contributed by atoms with van der Waals surface area (Å²) in [6.45, 7) is 4.54. The number of amides is 1. The lowest BCUT2D eigenvalue weighted by molar-refractivity contribution is 0.0944. The SMILES string of the molecule is CC(C)CNC(=O)c1c(F)cccc1I. The summed E-state index contributed by atoms with van der Waals surface area (Å²) in [6, 6.07) is 4.61. The molecule has 4 heteroatoms. The fourth-order valence-electron chi connectivity index (χ4n) is 1.10. The predicted molar refractivity (Wildman–Crippen MR) is 66.3 cm³/mol. The van der Waals surface area contributed by atoms with Crippen molar-refractivity contribution in [2.45, 2.75) is 13.8 Å². The van der Waals surface area contributed by atoms with E-state index in [4.69, 9.17) is 0 Å². The van der Waals surface area contributed by atoms with Crippen LogP contribution in [0, 0.1) is 15.3 Å². The normalized spacial score (nSPS) is 10.5. The van der Waals surface area contributed by atoms with Crippen LogP contribution in [0.5, 0.6) is 0 Å². The first-order valence-corrected chi connectivity index (χ1v) is 5.82. The minimum absolute atomic E-state index is 0.138. The fraction of sp³-hybridized carbons (Fsp3) is 0.364. The second kappa shape index (κ2) is 5.44. The molecule has 0 aromatic heterocycles. The van der Waals surface area contributed by atoms with E-state index in [1.165, 1.54) is 6.07 Å². The summed E-state index contributed by atoms with van der Waals surface area (Å²) >= 11 is 1.96. The lowest BCUT2D eigenvalue weighted by Crippen LogP contribution is -2.28. The number of hydrogen-bond acceptors (Lipinski definition) is 1. The summed E-state index contributed by atoms with van der Waals surface area (Å²) in [4.78, 5) is 11.6. The molecule has 1 N–H and O–H groups in total. The van der Waals surface area contributed by atoms with Gasteiger partial charge in [-0.2, -0.15) is 0 Å². The van der Waals surface area contributed by atoms with E-state index in [2.05, 4.69) is 5.32 Å². The van der Waals surface area contributed by atoms with E-state index in [0.29, 0.717) is 16.0 Å². The molecular formula is C11H13FINO. The zero-order chi connectivity index (χ0) is 11.4. The van der Waals surface area contributed by atoms with Crippen molar-refractivity contribution in [3.63, 3.8) is 0 Å². The number of carbonyl (C=O) groups is 1. The summed E-state index contributed by atoms with van der Waals surface area (Å²) in [7, 11) is 0. The van der Waals surface area contributed by atoms with E-state index in [0.717, 1.165) is 0 Å². The zero-order valence-corrected chi connectivity index (χ0v) is 10.8. The molecule has 0 fully saturated rings. The Morgan fingerprint density at radius 1 is 1.53 bits per heavy atom. The van der Waals surface area contributed by atoms with Crippen LogP contribution in [0.15, 0.2) is 18.2 Å². The third kappa shape index (κ3) is 3.44. The van der Waals surface area contributed by atoms with Crippen molar-refractivity contribution >= 4 is 28.5 Å². The van der Waals surface area contributed by atoms with Crippen molar-refractivity contribution in [1.82, 2.24) is 5.32 Å². The van der Waals surface area contributed by atoms with E-state index in [-0.39, 0.29) is 11.5 Å². The summed E-state index contributed by atoms with van der Waals surface area (Å²) in [5, 5.41) is 2.70. The van der Waals surface area contributed by atoms with Crippen molar-refractivity contribution in [2.75, 3.05) is 6.54 Å². The maximum Gasteiger partial charge on any atom is 0.255 e. The molecule has 0 unspecified atom stereocenters. The van der Waals surface area contributed by atoms with Gasteiger partial charge in [0.15, 0.2) is 0 Å². The quantitative estimate of drug-likeness (QED) is 0.852. The molecule has 1 amide bonds. The van der Waals surface area contributed by atoms with Gasteiger partial charge in [-0.05, 0) is 40.6 Å². The topological polar surface area (TPSA) is 29.1 Å². The summed E-state index contributed by atoms with van der Waals surface area (Å²) in [6.07, 6.45) is 0. The van der Waals surface area contributed by atoms with Gasteiger partial charge in [-0.15, -0.1) is 0 Å². The Labute approximate surface area is 102 Å². The maximum atomic E-state index is 13.4. The Morgan fingerprint density at radius 2 is 2.20 bits per heavy atom. The summed E-state index contributed by atoms with van der Waals surface area (Å²) < 4.78 is 14.0. The van der Waals surface area contributed by atoms with Crippen molar-refractivity contribution in [2.24, 2.45) is 5.92 Å². The third-order valence-corrected chi connectivity index (χ3v) is 2.76. The average molecular weight is 321 g/mol. The number of halogens is 2. The minimum atomic E-state index is -0.469. The van der Waals surface area contributed by atoms with Gasteiger partial charge in [0.25, 0.3) is 5.91 Å². The first kappa shape index (κ1) is 12.4. The number of benzene rings is 1. The Hall–Kier alpha value is -0.650. The lowest BCUT2D eigenvalue weighted by Gasteiger charge is -2.09. The van der Waals surface area contributed by atoms with Gasteiger partial charge < -0.3 is 5.32 Å². The van der Waals surface area contributed by atoms with Crippen LogP contribution in [0.2, 0.25) is 0 Å². The van der Waals surface area contributed by atoms with Gasteiger partial charge >= 0.3 is 0 Å². The molecule has 1 rings (SSSR count). The van der Waals surface area contributed by atoms with Gasteiger partial charge in [-0.1, -0.05) is 19.9 Å². The number of carbonyl (C=O) groups excluding carboxylic acids is 1. The predicted octanol–water partition coefficient (Wildman–Crippen LogP) is 2.82. The molecular weight excluding hydrogens is 308 g/mol. The minimum Gasteiger partial charge on any atom is -0.352 e. The summed E-state index contributed by atoms with van der Waals surface area (Å²) in [5.41, 5.74) is 0.138. The smallest absolute Gasteiger partial charge is 0.255 e. The molecule has 82 valence electrons. The van der Waals surface area contributed by atoms with Crippen LogP contribution in [0.25, 0.3) is 0 Å². The highest BCUT2D eigenvalue weighted by Gasteiger charge is 2.14. The molecule has 0 radical (unpaired) electrons. The molecule has 2 nitrogen and oxygen atoms in total. The maximum absolute atomic E-state index is 13.4. The van der Waals surface area contributed by atoms with Crippen LogP contribution < -0.4 is 5.32 Å². The van der Waals surface area contributed by atoms with E-state index in [9.17, 15) is 9.18 Å². The molecule has 0 bridgehead atoms. The van der Waals surface area contributed by atoms with Crippen LogP contribution in [0.4, 0.5) is 4.39 Å². The first-order chi connectivity index (χ1) is 7.02. The second-order valence-electron chi connectivity index (χ2n) is 3.70. The number of nitrogens with one attached hydrogen (secondary N) is 1. The molecule has 0 atom stereocenters. The Balaban J connectivity index is 2.82. The van der Waals surface area contributed by atoms with E-state index < -0.39 is 5.82 Å². The Morgan fingerprint density at radius 3 is 2.73 bits per heavy atom. The highest BCUT2D eigenvalue weighted by Crippen LogP contribution is 2.15. The highest BCUT2D eigenvalue weighted by atomic mass is 127. The van der Waals surface area contributed by atoms with Gasteiger partial charge in [0.05, 0.1) is 5.56 Å². The molecule has 0 aliphatic heterocycles. The van der Waals surface area contributed by atoms with Crippen molar-refractivity contribution in [3.05, 3.63) is 33.1 Å². The van der Waals surface area contributed by atoms with Crippen LogP contribution >= 0.6 is 22.6 Å². The second-order valence-corrected chi connectivity index (χ2v) is 4.86. The number of hydrogen-bond donors (Lipinski definition) is 1. The molecule has 0 saturated carbocycles. The van der Waals surface area contributed by atoms with Gasteiger partial charge in [0.1, 0.15) is 5.82 Å². The molecule has 15 heavy (non-hydrogen) atoms. The summed E-state index contributed by atoms with van der Waals surface area (Å²) in [5.74, 6) is -0.451. The van der Waals surface area contributed by atoms with Crippen molar-refractivity contribution in [3.8, 4) is 0 Å². The largest absolute Gasteiger partial charge is 0.352 e. The molecule has 1 aromatic rings. The molecule has 0 spiro atoms. The van der Waals surface area contributed by atoms with Crippen LogP contribution in [-0.2, 0) is 0 Å². The van der Waals surface area contributed by atoms with Gasteiger partial charge in [0, 0.05) is 10.1 Å². The van der Waals surface area contributed by atoms with Crippen LogP contribution in [-0.4, -0.2) is 12.5 Å². The van der Waals surface area contributed by atoms with E-state index in [1.807, 2.05) is 36.4 Å². The average Bonchev–Trinajstić information content (AvgIpc) is 2.14. The number of rotatable bonds is 3. The standard InChI is InChI=1S/C11H13FINO/c1-7(2)6-14-11(15)10-8(12)4-3-5-9(10)13/h3-5,7H,6H2,1-2H3,(H,14,15). The Bertz CT molecular complexity index is 345. The third-order valence-electron chi connectivity index (χ3n) is 1.86. The van der Waals surface area contributed by atoms with E-state index in [1.54, 1.807) is 12.1 Å². The Kier molecular flexibility index (Phi) is 4.50. The molecule has 0 saturated heterocycles. The van der Waals surface area contributed by atoms with Crippen molar-refractivity contribution in [1.29, 1.82) is 0 Å². The molecule has 0 heterocycles. The molecule has 1 aromatic carbocycles. The van der Waals surface area contributed by atoms with E-state index >= 15 is 0 Å². The fourth-order valence-corrected chi connectivity index (χ4v) is 1.81. The molecule has 0 aliphatic rings. The van der Waals surface area contributed by atoms with Crippen molar-refractivity contribution < 1.29 is 9.18 Å².